The minimum absolute atomic E-state index is 0.0449. The third kappa shape index (κ3) is 2.38. The van der Waals surface area contributed by atoms with E-state index in [1.165, 1.54) is 29.5 Å². The van der Waals surface area contributed by atoms with Gasteiger partial charge in [0.05, 0.1) is 0 Å². The summed E-state index contributed by atoms with van der Waals surface area (Å²) >= 11 is 0. The van der Waals surface area contributed by atoms with Gasteiger partial charge in [-0.1, -0.05) is 6.92 Å². The van der Waals surface area contributed by atoms with E-state index in [9.17, 15) is 9.18 Å². The molecule has 1 aromatic heterocycles. The molecule has 17 heavy (non-hydrogen) atoms. The summed E-state index contributed by atoms with van der Waals surface area (Å²) < 4.78 is 15.1. The number of Topliss-reactive ketones (excluding diaryl/α,β-unsaturated/α-hetero) is 1. The van der Waals surface area contributed by atoms with Gasteiger partial charge in [0.2, 0.25) is 0 Å². The Morgan fingerprint density at radius 1 is 1.47 bits per heavy atom. The summed E-state index contributed by atoms with van der Waals surface area (Å²) in [4.78, 5) is 15.3. The highest BCUT2D eigenvalue weighted by molar-refractivity contribution is 5.96. The van der Waals surface area contributed by atoms with E-state index in [1.807, 2.05) is 6.92 Å². The molecule has 0 atom stereocenters. The third-order valence-corrected chi connectivity index (χ3v) is 2.41. The third-order valence-electron chi connectivity index (χ3n) is 2.41. The van der Waals surface area contributed by atoms with E-state index >= 15 is 0 Å². The average Bonchev–Trinajstić information content (AvgIpc) is 2.82. The highest BCUT2D eigenvalue weighted by Gasteiger charge is 2.10. The maximum Gasteiger partial charge on any atom is 0.162 e. The van der Waals surface area contributed by atoms with Crippen LogP contribution in [0, 0.1) is 5.82 Å². The van der Waals surface area contributed by atoms with Crippen LogP contribution in [0.4, 0.5) is 4.39 Å². The lowest BCUT2D eigenvalue weighted by Gasteiger charge is -2.04. The average molecular weight is 233 g/mol. The molecule has 0 aliphatic rings. The van der Waals surface area contributed by atoms with E-state index in [0.717, 1.165) is 6.42 Å². The van der Waals surface area contributed by atoms with Crippen LogP contribution in [0.2, 0.25) is 0 Å². The van der Waals surface area contributed by atoms with E-state index in [1.54, 1.807) is 6.07 Å². The zero-order valence-electron chi connectivity index (χ0n) is 9.43. The van der Waals surface area contributed by atoms with Crippen LogP contribution in [0.25, 0.3) is 5.69 Å². The molecular formula is C12H12FN3O. The van der Waals surface area contributed by atoms with Crippen molar-refractivity contribution in [1.82, 2.24) is 14.8 Å². The monoisotopic (exact) mass is 233 g/mol. The molecule has 5 heteroatoms. The van der Waals surface area contributed by atoms with Gasteiger partial charge >= 0.3 is 0 Å². The Hall–Kier alpha value is -2.04. The smallest absolute Gasteiger partial charge is 0.162 e. The molecule has 4 nitrogen and oxygen atoms in total. The zero-order chi connectivity index (χ0) is 12.3. The molecule has 0 spiro atoms. The van der Waals surface area contributed by atoms with Crippen LogP contribution < -0.4 is 0 Å². The van der Waals surface area contributed by atoms with E-state index < -0.39 is 5.82 Å². The second-order valence-electron chi connectivity index (χ2n) is 3.68. The highest BCUT2D eigenvalue weighted by atomic mass is 19.1. The van der Waals surface area contributed by atoms with Crippen molar-refractivity contribution in [2.45, 2.75) is 19.8 Å². The van der Waals surface area contributed by atoms with Gasteiger partial charge in [-0.2, -0.15) is 5.10 Å². The molecule has 0 bridgehead atoms. The fraction of sp³-hybridized carbons (Fsp3) is 0.250. The Balaban J connectivity index is 2.32. The van der Waals surface area contributed by atoms with Crippen molar-refractivity contribution < 1.29 is 9.18 Å². The van der Waals surface area contributed by atoms with E-state index in [4.69, 9.17) is 0 Å². The lowest BCUT2D eigenvalue weighted by Crippen LogP contribution is -2.03. The van der Waals surface area contributed by atoms with Gasteiger partial charge < -0.3 is 0 Å². The molecule has 1 aromatic carbocycles. The van der Waals surface area contributed by atoms with Crippen LogP contribution in [-0.2, 0) is 0 Å². The van der Waals surface area contributed by atoms with Crippen molar-refractivity contribution in [3.63, 3.8) is 0 Å². The van der Waals surface area contributed by atoms with Gasteiger partial charge in [0.15, 0.2) is 5.78 Å². The first-order chi connectivity index (χ1) is 8.22. The molecular weight excluding hydrogens is 221 g/mol. The second-order valence-corrected chi connectivity index (χ2v) is 3.68. The first-order valence-electron chi connectivity index (χ1n) is 5.40. The van der Waals surface area contributed by atoms with Crippen LogP contribution in [-0.4, -0.2) is 20.5 Å². The molecule has 0 fully saturated rings. The van der Waals surface area contributed by atoms with E-state index in [-0.39, 0.29) is 11.5 Å². The topological polar surface area (TPSA) is 47.8 Å². The van der Waals surface area contributed by atoms with Gasteiger partial charge in [0.25, 0.3) is 0 Å². The minimum atomic E-state index is -0.475. The molecule has 0 unspecified atom stereocenters. The zero-order valence-corrected chi connectivity index (χ0v) is 9.43. The predicted molar refractivity (Wildman–Crippen MR) is 60.6 cm³/mol. The molecule has 0 saturated carbocycles. The first kappa shape index (κ1) is 11.4. The van der Waals surface area contributed by atoms with Crippen molar-refractivity contribution in [2.75, 3.05) is 0 Å². The number of rotatable bonds is 4. The standard InChI is InChI=1S/C12H12FN3O/c1-2-3-12(17)9-4-5-11(10(13)6-9)16-8-14-7-15-16/h4-8H,2-3H2,1H3. The molecule has 0 aliphatic heterocycles. The van der Waals surface area contributed by atoms with Crippen molar-refractivity contribution in [2.24, 2.45) is 0 Å². The largest absolute Gasteiger partial charge is 0.294 e. The lowest BCUT2D eigenvalue weighted by atomic mass is 10.1. The van der Waals surface area contributed by atoms with Crippen LogP contribution in [0.5, 0.6) is 0 Å². The molecule has 0 N–H and O–H groups in total. The van der Waals surface area contributed by atoms with Gasteiger partial charge in [-0.25, -0.2) is 14.1 Å². The maximum atomic E-state index is 13.8. The Labute approximate surface area is 98.1 Å². The van der Waals surface area contributed by atoms with Gasteiger partial charge in [0, 0.05) is 12.0 Å². The number of hydrogen-bond donors (Lipinski definition) is 0. The molecule has 0 aliphatic carbocycles. The number of benzene rings is 1. The summed E-state index contributed by atoms with van der Waals surface area (Å²) in [5.74, 6) is -0.519. The van der Waals surface area contributed by atoms with Crippen LogP contribution >= 0.6 is 0 Å². The van der Waals surface area contributed by atoms with E-state index in [2.05, 4.69) is 10.1 Å². The van der Waals surface area contributed by atoms with Gasteiger partial charge in [-0.15, -0.1) is 0 Å². The minimum Gasteiger partial charge on any atom is -0.294 e. The molecule has 0 radical (unpaired) electrons. The molecule has 1 heterocycles. The summed E-state index contributed by atoms with van der Waals surface area (Å²) in [7, 11) is 0. The number of hydrogen-bond acceptors (Lipinski definition) is 3. The van der Waals surface area contributed by atoms with Crippen LogP contribution in [0.1, 0.15) is 30.1 Å². The Kier molecular flexibility index (Phi) is 3.27. The van der Waals surface area contributed by atoms with Gasteiger partial charge in [-0.05, 0) is 24.6 Å². The Morgan fingerprint density at radius 3 is 2.88 bits per heavy atom. The van der Waals surface area contributed by atoms with Crippen LogP contribution in [0.15, 0.2) is 30.9 Å². The molecule has 2 rings (SSSR count). The molecule has 2 aromatic rings. The number of aromatic nitrogens is 3. The summed E-state index contributed by atoms with van der Waals surface area (Å²) in [6.07, 6.45) is 3.93. The summed E-state index contributed by atoms with van der Waals surface area (Å²) in [6, 6.07) is 4.39. The summed E-state index contributed by atoms with van der Waals surface area (Å²) in [5, 5.41) is 3.84. The highest BCUT2D eigenvalue weighted by Crippen LogP contribution is 2.15. The number of nitrogens with zero attached hydrogens (tertiary/aromatic N) is 3. The SMILES string of the molecule is CCCC(=O)c1ccc(-n2cncn2)c(F)c1. The molecule has 0 amide bonds. The normalized spacial score (nSPS) is 10.5. The van der Waals surface area contributed by atoms with Crippen molar-refractivity contribution in [3.8, 4) is 5.69 Å². The second kappa shape index (κ2) is 4.86. The summed E-state index contributed by atoms with van der Waals surface area (Å²) in [5.41, 5.74) is 0.684. The number of halogens is 1. The molecule has 0 saturated heterocycles. The fourth-order valence-corrected chi connectivity index (χ4v) is 1.57. The quantitative estimate of drug-likeness (QED) is 0.762. The van der Waals surface area contributed by atoms with Crippen molar-refractivity contribution in [1.29, 1.82) is 0 Å². The summed E-state index contributed by atoms with van der Waals surface area (Å²) in [6.45, 7) is 1.91. The maximum absolute atomic E-state index is 13.8. The Bertz CT molecular complexity index is 523. The van der Waals surface area contributed by atoms with Gasteiger partial charge in [-0.3, -0.25) is 4.79 Å². The number of carbonyl (C=O) groups is 1. The number of carbonyl (C=O) groups excluding carboxylic acids is 1. The van der Waals surface area contributed by atoms with Crippen molar-refractivity contribution in [3.05, 3.63) is 42.2 Å². The lowest BCUT2D eigenvalue weighted by molar-refractivity contribution is 0.0981. The fourth-order valence-electron chi connectivity index (χ4n) is 1.57. The van der Waals surface area contributed by atoms with Crippen molar-refractivity contribution >= 4 is 5.78 Å². The first-order valence-corrected chi connectivity index (χ1v) is 5.40. The predicted octanol–water partition coefficient (Wildman–Crippen LogP) is 2.39. The Morgan fingerprint density at radius 2 is 2.29 bits per heavy atom. The van der Waals surface area contributed by atoms with E-state index in [0.29, 0.717) is 12.0 Å². The van der Waals surface area contributed by atoms with Gasteiger partial charge in [0.1, 0.15) is 24.2 Å². The number of ketones is 1. The van der Waals surface area contributed by atoms with Crippen LogP contribution in [0.3, 0.4) is 0 Å². The molecule has 88 valence electrons.